The van der Waals surface area contributed by atoms with Crippen molar-refractivity contribution in [1.29, 1.82) is 0 Å². The maximum absolute atomic E-state index is 3.81. The van der Waals surface area contributed by atoms with Crippen LogP contribution in [0.3, 0.4) is 0 Å². The molecule has 0 aromatic rings. The van der Waals surface area contributed by atoms with E-state index in [2.05, 4.69) is 59.6 Å². The van der Waals surface area contributed by atoms with Crippen LogP contribution in [-0.2, 0) is 0 Å². The minimum atomic E-state index is 0.314. The van der Waals surface area contributed by atoms with E-state index < -0.39 is 0 Å². The van der Waals surface area contributed by atoms with Gasteiger partial charge in [-0.2, -0.15) is 0 Å². The Bertz CT molecular complexity index is 179. The minimum absolute atomic E-state index is 0.314. The van der Waals surface area contributed by atoms with Crippen molar-refractivity contribution in [3.05, 3.63) is 0 Å². The Morgan fingerprint density at radius 2 is 1.85 bits per heavy atom. The summed E-state index contributed by atoms with van der Waals surface area (Å²) in [5.41, 5.74) is 0.468. The van der Waals surface area contributed by atoms with Crippen LogP contribution in [0.4, 0.5) is 0 Å². The lowest BCUT2D eigenvalue weighted by Crippen LogP contribution is -2.39. The third-order valence-corrected chi connectivity index (χ3v) is 6.30. The summed E-state index contributed by atoms with van der Waals surface area (Å²) >= 11 is 7.60. The summed E-state index contributed by atoms with van der Waals surface area (Å²) in [6.07, 6.45) is 3.93. The van der Waals surface area contributed by atoms with Crippen molar-refractivity contribution in [2.75, 3.05) is 0 Å². The van der Waals surface area contributed by atoms with E-state index in [1.807, 2.05) is 0 Å². The SMILES string of the molecule is CC(C)(C)[C@H]1CC[C@@](C)(Br)[C@H](Br)C1. The molecule has 1 saturated carbocycles. The predicted molar refractivity (Wildman–Crippen MR) is 66.8 cm³/mol. The van der Waals surface area contributed by atoms with Crippen LogP contribution in [-0.4, -0.2) is 9.15 Å². The highest BCUT2D eigenvalue weighted by Crippen LogP contribution is 2.47. The topological polar surface area (TPSA) is 0 Å². The predicted octanol–water partition coefficient (Wildman–Crippen LogP) is 4.75. The van der Waals surface area contributed by atoms with Gasteiger partial charge >= 0.3 is 0 Å². The van der Waals surface area contributed by atoms with Crippen molar-refractivity contribution in [2.45, 2.75) is 56.1 Å². The van der Waals surface area contributed by atoms with Gasteiger partial charge in [0.15, 0.2) is 0 Å². The van der Waals surface area contributed by atoms with Crippen LogP contribution in [0.15, 0.2) is 0 Å². The summed E-state index contributed by atoms with van der Waals surface area (Å²) in [5, 5.41) is 0. The third kappa shape index (κ3) is 2.95. The highest BCUT2D eigenvalue weighted by Gasteiger charge is 2.39. The number of hydrogen-bond donors (Lipinski definition) is 0. The van der Waals surface area contributed by atoms with Crippen LogP contribution in [0.2, 0.25) is 0 Å². The van der Waals surface area contributed by atoms with Crippen molar-refractivity contribution in [3.63, 3.8) is 0 Å². The molecule has 0 aromatic carbocycles. The van der Waals surface area contributed by atoms with Gasteiger partial charge in [0.05, 0.1) is 0 Å². The molecule has 0 nitrogen and oxygen atoms in total. The van der Waals surface area contributed by atoms with Crippen LogP contribution >= 0.6 is 31.9 Å². The number of halogens is 2. The lowest BCUT2D eigenvalue weighted by molar-refractivity contribution is 0.172. The molecule has 0 unspecified atom stereocenters. The van der Waals surface area contributed by atoms with E-state index in [9.17, 15) is 0 Å². The molecule has 1 fully saturated rings. The third-order valence-electron chi connectivity index (χ3n) is 3.35. The van der Waals surface area contributed by atoms with E-state index in [0.29, 0.717) is 14.6 Å². The average molecular weight is 312 g/mol. The Hall–Kier alpha value is 0.960. The zero-order valence-corrected chi connectivity index (χ0v) is 12.2. The first-order valence-electron chi connectivity index (χ1n) is 5.06. The van der Waals surface area contributed by atoms with Gasteiger partial charge in [0, 0.05) is 9.15 Å². The Morgan fingerprint density at radius 1 is 1.31 bits per heavy atom. The Labute approximate surface area is 99.1 Å². The molecule has 2 heteroatoms. The standard InChI is InChI=1S/C11H20Br2/c1-10(2,3)8-5-6-11(4,13)9(12)7-8/h8-9H,5-7H2,1-4H3/t8-,9+,11+/m0/s1. The van der Waals surface area contributed by atoms with Gasteiger partial charge < -0.3 is 0 Å². The second-order valence-corrected chi connectivity index (χ2v) is 8.50. The van der Waals surface area contributed by atoms with Crippen LogP contribution in [0.1, 0.15) is 47.0 Å². The molecule has 3 atom stereocenters. The molecule has 0 heterocycles. The summed E-state index contributed by atoms with van der Waals surface area (Å²) in [5.74, 6) is 0.863. The van der Waals surface area contributed by atoms with Gasteiger partial charge in [0.2, 0.25) is 0 Å². The molecule has 0 aliphatic heterocycles. The van der Waals surface area contributed by atoms with Crippen LogP contribution < -0.4 is 0 Å². The van der Waals surface area contributed by atoms with Gasteiger partial charge in [-0.05, 0) is 37.5 Å². The fraction of sp³-hybridized carbons (Fsp3) is 1.00. The molecule has 0 saturated heterocycles. The highest BCUT2D eigenvalue weighted by molar-refractivity contribution is 9.12. The molecule has 0 bridgehead atoms. The van der Waals surface area contributed by atoms with Gasteiger partial charge in [-0.15, -0.1) is 0 Å². The summed E-state index contributed by atoms with van der Waals surface area (Å²) in [6, 6.07) is 0. The fourth-order valence-corrected chi connectivity index (χ4v) is 3.11. The second kappa shape index (κ2) is 3.84. The highest BCUT2D eigenvalue weighted by atomic mass is 79.9. The lowest BCUT2D eigenvalue weighted by atomic mass is 9.70. The van der Waals surface area contributed by atoms with E-state index in [0.717, 1.165) is 5.92 Å². The fourth-order valence-electron chi connectivity index (χ4n) is 2.01. The molecule has 0 radical (unpaired) electrons. The van der Waals surface area contributed by atoms with E-state index in [4.69, 9.17) is 0 Å². The second-order valence-electron chi connectivity index (χ2n) is 5.58. The number of hydrogen-bond acceptors (Lipinski definition) is 0. The van der Waals surface area contributed by atoms with Crippen LogP contribution in [0.5, 0.6) is 0 Å². The first kappa shape index (κ1) is 12.0. The molecule has 0 spiro atoms. The molecular weight excluding hydrogens is 292 g/mol. The summed E-state index contributed by atoms with van der Waals surface area (Å²) in [6.45, 7) is 9.36. The zero-order valence-electron chi connectivity index (χ0n) is 9.03. The van der Waals surface area contributed by atoms with Gasteiger partial charge in [0.1, 0.15) is 0 Å². The van der Waals surface area contributed by atoms with E-state index in [-0.39, 0.29) is 0 Å². The number of alkyl halides is 2. The van der Waals surface area contributed by atoms with Crippen LogP contribution in [0, 0.1) is 11.3 Å². The summed E-state index contributed by atoms with van der Waals surface area (Å²) in [7, 11) is 0. The van der Waals surface area contributed by atoms with E-state index in [1.54, 1.807) is 0 Å². The Morgan fingerprint density at radius 3 is 2.23 bits per heavy atom. The van der Waals surface area contributed by atoms with Gasteiger partial charge in [-0.25, -0.2) is 0 Å². The van der Waals surface area contributed by atoms with Crippen molar-refractivity contribution in [1.82, 2.24) is 0 Å². The molecule has 78 valence electrons. The van der Waals surface area contributed by atoms with Crippen molar-refractivity contribution < 1.29 is 0 Å². The van der Waals surface area contributed by atoms with Gasteiger partial charge in [-0.1, -0.05) is 52.6 Å². The van der Waals surface area contributed by atoms with E-state index >= 15 is 0 Å². The first-order valence-corrected chi connectivity index (χ1v) is 6.77. The van der Waals surface area contributed by atoms with E-state index in [1.165, 1.54) is 19.3 Å². The Balaban J connectivity index is 2.61. The molecule has 1 aliphatic carbocycles. The molecule has 0 N–H and O–H groups in total. The largest absolute Gasteiger partial charge is 0.0875 e. The maximum Gasteiger partial charge on any atom is 0.0354 e. The van der Waals surface area contributed by atoms with Crippen molar-refractivity contribution in [2.24, 2.45) is 11.3 Å². The molecule has 13 heavy (non-hydrogen) atoms. The quantitative estimate of drug-likeness (QED) is 0.566. The lowest BCUT2D eigenvalue weighted by Gasteiger charge is -2.42. The number of rotatable bonds is 0. The zero-order chi connectivity index (χ0) is 10.3. The van der Waals surface area contributed by atoms with Crippen molar-refractivity contribution >= 4 is 31.9 Å². The van der Waals surface area contributed by atoms with Crippen LogP contribution in [0.25, 0.3) is 0 Å². The maximum atomic E-state index is 3.81. The minimum Gasteiger partial charge on any atom is -0.0875 e. The molecule has 1 aliphatic rings. The summed E-state index contributed by atoms with van der Waals surface area (Å²) < 4.78 is 0.314. The monoisotopic (exact) mass is 310 g/mol. The summed E-state index contributed by atoms with van der Waals surface area (Å²) in [4.78, 5) is 0.623. The van der Waals surface area contributed by atoms with Gasteiger partial charge in [-0.3, -0.25) is 0 Å². The van der Waals surface area contributed by atoms with Gasteiger partial charge in [0.25, 0.3) is 0 Å². The molecule has 0 aromatic heterocycles. The Kier molecular flexibility index (Phi) is 3.56. The van der Waals surface area contributed by atoms with Crippen molar-refractivity contribution in [3.8, 4) is 0 Å². The molecule has 1 rings (SSSR count). The molecular formula is C11H20Br2. The normalized spacial score (nSPS) is 42.0. The first-order chi connectivity index (χ1) is 5.73. The molecule has 0 amide bonds. The average Bonchev–Trinajstić information content (AvgIpc) is 1.92. The smallest absolute Gasteiger partial charge is 0.0354 e.